The molecule has 0 aliphatic heterocycles. The van der Waals surface area contributed by atoms with Crippen molar-refractivity contribution in [3.05, 3.63) is 59.4 Å². The number of carbonyl (C=O) groups excluding carboxylic acids is 2. The Hall–Kier alpha value is -2.89. The van der Waals surface area contributed by atoms with Crippen molar-refractivity contribution >= 4 is 17.4 Å². The average Bonchev–Trinajstić information content (AvgIpc) is 2.64. The van der Waals surface area contributed by atoms with Crippen LogP contribution < -0.4 is 10.1 Å². The van der Waals surface area contributed by atoms with Crippen LogP contribution in [0.25, 0.3) is 0 Å². The molecular weight excluding hydrogens is 337 g/mol. The second kappa shape index (κ2) is 8.99. The number of ketones is 1. The van der Waals surface area contributed by atoms with E-state index in [1.54, 1.807) is 24.3 Å². The van der Waals surface area contributed by atoms with Crippen molar-refractivity contribution < 1.29 is 23.5 Å². The number of benzene rings is 2. The molecule has 0 radical (unpaired) electrons. The van der Waals surface area contributed by atoms with E-state index >= 15 is 0 Å². The van der Waals surface area contributed by atoms with Gasteiger partial charge in [-0.1, -0.05) is 19.9 Å². The van der Waals surface area contributed by atoms with E-state index in [2.05, 4.69) is 5.32 Å². The summed E-state index contributed by atoms with van der Waals surface area (Å²) < 4.78 is 23.7. The van der Waals surface area contributed by atoms with Crippen molar-refractivity contribution in [2.45, 2.75) is 13.8 Å². The lowest BCUT2D eigenvalue weighted by molar-refractivity contribution is 0.0459. The van der Waals surface area contributed by atoms with E-state index in [4.69, 9.17) is 9.47 Å². The highest BCUT2D eigenvalue weighted by Gasteiger charge is 2.12. The van der Waals surface area contributed by atoms with Gasteiger partial charge in [0, 0.05) is 11.3 Å². The van der Waals surface area contributed by atoms with Crippen molar-refractivity contribution in [1.29, 1.82) is 0 Å². The summed E-state index contributed by atoms with van der Waals surface area (Å²) in [5.41, 5.74) is 1.24. The smallest absolute Gasteiger partial charge is 0.338 e. The van der Waals surface area contributed by atoms with E-state index in [-0.39, 0.29) is 29.6 Å². The molecule has 0 bridgehead atoms. The van der Waals surface area contributed by atoms with Crippen LogP contribution in [0.5, 0.6) is 5.75 Å². The molecule has 0 unspecified atom stereocenters. The van der Waals surface area contributed by atoms with Gasteiger partial charge in [-0.25, -0.2) is 9.18 Å². The molecule has 138 valence electrons. The summed E-state index contributed by atoms with van der Waals surface area (Å²) in [6.45, 7) is 4.23. The number of esters is 1. The summed E-state index contributed by atoms with van der Waals surface area (Å²) >= 11 is 0. The summed E-state index contributed by atoms with van der Waals surface area (Å²) in [5, 5.41) is 2.94. The molecule has 26 heavy (non-hydrogen) atoms. The molecule has 0 atom stereocenters. The summed E-state index contributed by atoms with van der Waals surface area (Å²) in [4.78, 5) is 24.2. The summed E-state index contributed by atoms with van der Waals surface area (Å²) in [5.74, 6) is -0.941. The number of rotatable bonds is 8. The van der Waals surface area contributed by atoms with Crippen molar-refractivity contribution in [2.24, 2.45) is 5.92 Å². The topological polar surface area (TPSA) is 64.6 Å². The van der Waals surface area contributed by atoms with E-state index < -0.39 is 11.8 Å². The Kier molecular flexibility index (Phi) is 6.72. The first-order valence-corrected chi connectivity index (χ1v) is 8.28. The quantitative estimate of drug-likeness (QED) is 0.571. The Morgan fingerprint density at radius 3 is 2.54 bits per heavy atom. The number of halogens is 1. The molecule has 0 fully saturated rings. The molecule has 0 saturated carbocycles. The Balaban J connectivity index is 1.98. The number of methoxy groups -OCH3 is 1. The molecular formula is C20H22FNO4. The number of nitrogens with one attached hydrogen (secondary N) is 1. The lowest BCUT2D eigenvalue weighted by atomic mass is 10.1. The molecule has 1 N–H and O–H groups in total. The van der Waals surface area contributed by atoms with Gasteiger partial charge in [0.25, 0.3) is 0 Å². The monoisotopic (exact) mass is 359 g/mol. The predicted molar refractivity (Wildman–Crippen MR) is 97.3 cm³/mol. The second-order valence-corrected chi connectivity index (χ2v) is 6.20. The average molecular weight is 359 g/mol. The first kappa shape index (κ1) is 19.4. The lowest BCUT2D eigenvalue weighted by Crippen LogP contribution is -2.15. The Morgan fingerprint density at radius 1 is 1.12 bits per heavy atom. The minimum absolute atomic E-state index is 0.0315. The van der Waals surface area contributed by atoms with Gasteiger partial charge in [-0.2, -0.15) is 0 Å². The minimum atomic E-state index is -0.590. The van der Waals surface area contributed by atoms with E-state index in [9.17, 15) is 14.0 Å². The van der Waals surface area contributed by atoms with Gasteiger partial charge in [0.05, 0.1) is 25.8 Å². The maximum Gasteiger partial charge on any atom is 0.338 e. The number of anilines is 1. The molecule has 0 amide bonds. The third kappa shape index (κ3) is 5.31. The maximum atomic E-state index is 13.7. The summed E-state index contributed by atoms with van der Waals surface area (Å²) in [6, 6.07) is 10.8. The van der Waals surface area contributed by atoms with Crippen LogP contribution in [0.3, 0.4) is 0 Å². The highest BCUT2D eigenvalue weighted by atomic mass is 19.1. The SMILES string of the molecule is COc1ccc(C(=O)CNc2cccc(C(=O)OCC(C)C)c2)cc1F. The van der Waals surface area contributed by atoms with E-state index in [0.29, 0.717) is 17.9 Å². The van der Waals surface area contributed by atoms with Crippen LogP contribution in [-0.4, -0.2) is 32.0 Å². The highest BCUT2D eigenvalue weighted by Crippen LogP contribution is 2.18. The predicted octanol–water partition coefficient (Wildman–Crippen LogP) is 3.94. The van der Waals surface area contributed by atoms with Crippen LogP contribution in [0, 0.1) is 11.7 Å². The fourth-order valence-electron chi connectivity index (χ4n) is 2.21. The number of hydrogen-bond acceptors (Lipinski definition) is 5. The van der Waals surface area contributed by atoms with Crippen LogP contribution in [0.15, 0.2) is 42.5 Å². The third-order valence-electron chi connectivity index (χ3n) is 3.57. The second-order valence-electron chi connectivity index (χ2n) is 6.20. The molecule has 0 saturated heterocycles. The van der Waals surface area contributed by atoms with Crippen molar-refractivity contribution in [2.75, 3.05) is 25.6 Å². The van der Waals surface area contributed by atoms with Gasteiger partial charge < -0.3 is 14.8 Å². The zero-order chi connectivity index (χ0) is 19.1. The minimum Gasteiger partial charge on any atom is -0.494 e. The number of ether oxygens (including phenoxy) is 2. The molecule has 2 aromatic rings. The van der Waals surface area contributed by atoms with Gasteiger partial charge >= 0.3 is 5.97 Å². The molecule has 0 spiro atoms. The lowest BCUT2D eigenvalue weighted by Gasteiger charge is -2.10. The number of hydrogen-bond donors (Lipinski definition) is 1. The van der Waals surface area contributed by atoms with Crippen LogP contribution >= 0.6 is 0 Å². The van der Waals surface area contributed by atoms with E-state index in [1.165, 1.54) is 19.2 Å². The van der Waals surface area contributed by atoms with Crippen LogP contribution in [0.2, 0.25) is 0 Å². The van der Waals surface area contributed by atoms with Crippen molar-refractivity contribution in [3.63, 3.8) is 0 Å². The van der Waals surface area contributed by atoms with Crippen LogP contribution in [0.1, 0.15) is 34.6 Å². The van der Waals surface area contributed by atoms with Gasteiger partial charge in [-0.15, -0.1) is 0 Å². The summed E-state index contributed by atoms with van der Waals surface area (Å²) in [6.07, 6.45) is 0. The number of Topliss-reactive ketones (excluding diaryl/α,β-unsaturated/α-hetero) is 1. The largest absolute Gasteiger partial charge is 0.494 e. The molecule has 2 aromatic carbocycles. The van der Waals surface area contributed by atoms with Gasteiger partial charge in [0.15, 0.2) is 17.3 Å². The van der Waals surface area contributed by atoms with Gasteiger partial charge in [0.1, 0.15) is 0 Å². The highest BCUT2D eigenvalue weighted by molar-refractivity contribution is 5.99. The van der Waals surface area contributed by atoms with Crippen LogP contribution in [0.4, 0.5) is 10.1 Å². The van der Waals surface area contributed by atoms with Crippen LogP contribution in [-0.2, 0) is 4.74 Å². The Morgan fingerprint density at radius 2 is 1.88 bits per heavy atom. The normalized spacial score (nSPS) is 10.5. The molecule has 6 heteroatoms. The maximum absolute atomic E-state index is 13.7. The molecule has 5 nitrogen and oxygen atoms in total. The zero-order valence-electron chi connectivity index (χ0n) is 15.0. The fourth-order valence-corrected chi connectivity index (χ4v) is 2.21. The molecule has 0 aromatic heterocycles. The van der Waals surface area contributed by atoms with Gasteiger partial charge in [-0.3, -0.25) is 4.79 Å². The molecule has 0 aliphatic carbocycles. The Labute approximate surface area is 152 Å². The van der Waals surface area contributed by atoms with E-state index in [1.807, 2.05) is 13.8 Å². The third-order valence-corrected chi connectivity index (χ3v) is 3.57. The van der Waals surface area contributed by atoms with E-state index in [0.717, 1.165) is 6.07 Å². The van der Waals surface area contributed by atoms with Gasteiger partial charge in [0.2, 0.25) is 0 Å². The first-order chi connectivity index (χ1) is 12.4. The van der Waals surface area contributed by atoms with Gasteiger partial charge in [-0.05, 0) is 42.3 Å². The first-order valence-electron chi connectivity index (χ1n) is 8.28. The molecule has 0 heterocycles. The number of carbonyl (C=O) groups is 2. The standard InChI is InChI=1S/C20H22FNO4/c1-13(2)12-26-20(24)15-5-4-6-16(9-15)22-11-18(23)14-7-8-19(25-3)17(21)10-14/h4-10,13,22H,11-12H2,1-3H3. The fraction of sp³-hybridized carbons (Fsp3) is 0.300. The Bertz CT molecular complexity index is 789. The zero-order valence-corrected chi connectivity index (χ0v) is 15.0. The van der Waals surface area contributed by atoms with Crippen molar-refractivity contribution in [3.8, 4) is 5.75 Å². The summed E-state index contributed by atoms with van der Waals surface area (Å²) in [7, 11) is 1.36. The molecule has 0 aliphatic rings. The molecule has 2 rings (SSSR count). The van der Waals surface area contributed by atoms with Crippen molar-refractivity contribution in [1.82, 2.24) is 0 Å².